The second-order valence-corrected chi connectivity index (χ2v) is 4.80. The monoisotopic (exact) mass is 303 g/mol. The van der Waals surface area contributed by atoms with Crippen molar-refractivity contribution >= 4 is 11.6 Å². The van der Waals surface area contributed by atoms with Crippen LogP contribution in [0.1, 0.15) is 22.3 Å². The van der Waals surface area contributed by atoms with Gasteiger partial charge >= 0.3 is 6.18 Å². The second kappa shape index (κ2) is 5.90. The van der Waals surface area contributed by atoms with Crippen LogP contribution in [0, 0.1) is 0 Å². The highest BCUT2D eigenvalue weighted by Crippen LogP contribution is 2.36. The normalized spacial score (nSPS) is 18.6. The Balaban J connectivity index is 2.36. The maximum atomic E-state index is 12.9. The van der Waals surface area contributed by atoms with E-state index in [4.69, 9.17) is 10.6 Å². The lowest BCUT2D eigenvalue weighted by Gasteiger charge is -2.25. The molecule has 3 N–H and O–H groups in total. The lowest BCUT2D eigenvalue weighted by atomic mass is 10.0. The van der Waals surface area contributed by atoms with Crippen LogP contribution >= 0.6 is 0 Å². The number of amides is 1. The van der Waals surface area contributed by atoms with E-state index in [1.807, 2.05) is 5.43 Å². The molecule has 1 aliphatic rings. The van der Waals surface area contributed by atoms with E-state index in [-0.39, 0.29) is 11.6 Å². The molecule has 0 spiro atoms. The summed E-state index contributed by atoms with van der Waals surface area (Å²) >= 11 is 0. The number of alkyl halides is 3. The van der Waals surface area contributed by atoms with Crippen molar-refractivity contribution in [3.05, 3.63) is 29.3 Å². The topological polar surface area (TPSA) is 67.6 Å². The Bertz CT molecular complexity index is 528. The van der Waals surface area contributed by atoms with Crippen LogP contribution in [-0.4, -0.2) is 37.1 Å². The Labute approximate surface area is 119 Å². The molecule has 1 amide bonds. The summed E-state index contributed by atoms with van der Waals surface area (Å²) in [5.41, 5.74) is 0.507. The standard InChI is InChI=1S/C13H16F3N3O2/c1-19(8-5-6-21-7-8)12(20)9-3-2-4-10(11(9)18-17)13(14,15)16/h2-4,8,18H,5-7,17H2,1H3. The van der Waals surface area contributed by atoms with Crippen LogP contribution in [-0.2, 0) is 10.9 Å². The molecule has 2 rings (SSSR count). The number of nitrogens with two attached hydrogens (primary N) is 1. The first-order valence-electron chi connectivity index (χ1n) is 6.38. The SMILES string of the molecule is CN(C(=O)c1cccc(C(F)(F)F)c1NN)C1CCOC1. The molecule has 0 aliphatic carbocycles. The van der Waals surface area contributed by atoms with Crippen LogP contribution in [0.2, 0.25) is 0 Å². The number of hydrazine groups is 1. The predicted octanol–water partition coefficient (Wildman–Crippen LogP) is 1.85. The number of hydrogen-bond acceptors (Lipinski definition) is 4. The first kappa shape index (κ1) is 15.6. The van der Waals surface area contributed by atoms with E-state index in [0.717, 1.165) is 6.07 Å². The zero-order valence-electron chi connectivity index (χ0n) is 11.4. The van der Waals surface area contributed by atoms with Gasteiger partial charge in [0.15, 0.2) is 0 Å². The van der Waals surface area contributed by atoms with E-state index in [0.29, 0.717) is 19.6 Å². The number of anilines is 1. The van der Waals surface area contributed by atoms with Crippen LogP contribution in [0.25, 0.3) is 0 Å². The molecule has 0 bridgehead atoms. The van der Waals surface area contributed by atoms with Gasteiger partial charge in [-0.15, -0.1) is 0 Å². The minimum atomic E-state index is -4.59. The van der Waals surface area contributed by atoms with Crippen molar-refractivity contribution in [1.29, 1.82) is 0 Å². The van der Waals surface area contributed by atoms with Gasteiger partial charge in [0.05, 0.1) is 29.5 Å². The van der Waals surface area contributed by atoms with E-state index in [9.17, 15) is 18.0 Å². The number of halogens is 3. The Kier molecular flexibility index (Phi) is 4.38. The highest BCUT2D eigenvalue weighted by atomic mass is 19.4. The van der Waals surface area contributed by atoms with Crippen molar-refractivity contribution in [3.8, 4) is 0 Å². The fourth-order valence-electron chi connectivity index (χ4n) is 2.31. The molecule has 1 aromatic carbocycles. The third kappa shape index (κ3) is 3.11. The van der Waals surface area contributed by atoms with Crippen molar-refractivity contribution < 1.29 is 22.7 Å². The summed E-state index contributed by atoms with van der Waals surface area (Å²) in [7, 11) is 1.54. The zero-order chi connectivity index (χ0) is 15.6. The van der Waals surface area contributed by atoms with Gasteiger partial charge in [0.2, 0.25) is 0 Å². The second-order valence-electron chi connectivity index (χ2n) is 4.80. The number of benzene rings is 1. The predicted molar refractivity (Wildman–Crippen MR) is 70.6 cm³/mol. The quantitative estimate of drug-likeness (QED) is 0.660. The largest absolute Gasteiger partial charge is 0.418 e. The van der Waals surface area contributed by atoms with E-state index in [1.54, 1.807) is 7.05 Å². The Morgan fingerprint density at radius 1 is 1.48 bits per heavy atom. The molecule has 116 valence electrons. The summed E-state index contributed by atoms with van der Waals surface area (Å²) in [5, 5.41) is 0. The van der Waals surface area contributed by atoms with Gasteiger partial charge in [0.25, 0.3) is 5.91 Å². The van der Waals surface area contributed by atoms with Crippen LogP contribution in [0.15, 0.2) is 18.2 Å². The molecule has 5 nitrogen and oxygen atoms in total. The number of rotatable bonds is 3. The summed E-state index contributed by atoms with van der Waals surface area (Å²) in [6, 6.07) is 3.25. The molecule has 1 unspecified atom stereocenters. The van der Waals surface area contributed by atoms with Crippen LogP contribution in [0.3, 0.4) is 0 Å². The fraction of sp³-hybridized carbons (Fsp3) is 0.462. The molecule has 1 heterocycles. The Hall–Kier alpha value is -1.80. The molecule has 1 atom stereocenters. The molecule has 1 saturated heterocycles. The Morgan fingerprint density at radius 3 is 2.71 bits per heavy atom. The van der Waals surface area contributed by atoms with Crippen LogP contribution in [0.4, 0.5) is 18.9 Å². The van der Waals surface area contributed by atoms with E-state index >= 15 is 0 Å². The number of carbonyl (C=O) groups excluding carboxylic acids is 1. The van der Waals surface area contributed by atoms with Gasteiger partial charge in [-0.05, 0) is 18.6 Å². The maximum Gasteiger partial charge on any atom is 0.418 e. The molecular weight excluding hydrogens is 287 g/mol. The van der Waals surface area contributed by atoms with Crippen molar-refractivity contribution in [3.63, 3.8) is 0 Å². The van der Waals surface area contributed by atoms with Gasteiger partial charge in [-0.1, -0.05) is 6.07 Å². The molecule has 1 fully saturated rings. The molecular formula is C13H16F3N3O2. The van der Waals surface area contributed by atoms with E-state index < -0.39 is 23.3 Å². The van der Waals surface area contributed by atoms with Gasteiger partial charge < -0.3 is 15.1 Å². The number of carbonyl (C=O) groups is 1. The highest BCUT2D eigenvalue weighted by Gasteiger charge is 2.36. The molecule has 0 radical (unpaired) electrons. The highest BCUT2D eigenvalue weighted by molar-refractivity contribution is 6.00. The molecule has 1 aromatic rings. The van der Waals surface area contributed by atoms with Gasteiger partial charge in [-0.2, -0.15) is 13.2 Å². The third-order valence-corrected chi connectivity index (χ3v) is 3.52. The summed E-state index contributed by atoms with van der Waals surface area (Å²) in [6.07, 6.45) is -3.93. The number of para-hydroxylation sites is 1. The van der Waals surface area contributed by atoms with Crippen molar-refractivity contribution in [2.75, 3.05) is 25.7 Å². The molecule has 1 aliphatic heterocycles. The first-order valence-corrected chi connectivity index (χ1v) is 6.38. The molecule has 21 heavy (non-hydrogen) atoms. The fourth-order valence-corrected chi connectivity index (χ4v) is 2.31. The summed E-state index contributed by atoms with van der Waals surface area (Å²) in [6.45, 7) is 0.916. The van der Waals surface area contributed by atoms with Crippen LogP contribution < -0.4 is 11.3 Å². The number of likely N-dealkylation sites (N-methyl/N-ethyl adjacent to an activating group) is 1. The number of nitrogens with zero attached hydrogens (tertiary/aromatic N) is 1. The first-order chi connectivity index (χ1) is 9.86. The zero-order valence-corrected chi connectivity index (χ0v) is 11.4. The maximum absolute atomic E-state index is 12.9. The van der Waals surface area contributed by atoms with Crippen molar-refractivity contribution in [2.45, 2.75) is 18.6 Å². The summed E-state index contributed by atoms with van der Waals surface area (Å²) in [5.74, 6) is 4.67. The van der Waals surface area contributed by atoms with Gasteiger partial charge in [0, 0.05) is 13.7 Å². The third-order valence-electron chi connectivity index (χ3n) is 3.52. The summed E-state index contributed by atoms with van der Waals surface area (Å²) in [4.78, 5) is 13.8. The summed E-state index contributed by atoms with van der Waals surface area (Å²) < 4.78 is 44.0. The average molecular weight is 303 g/mol. The molecule has 0 aromatic heterocycles. The molecule has 8 heteroatoms. The average Bonchev–Trinajstić information content (AvgIpc) is 2.98. The minimum Gasteiger partial charge on any atom is -0.379 e. The minimum absolute atomic E-state index is 0.110. The van der Waals surface area contributed by atoms with Gasteiger partial charge in [-0.3, -0.25) is 10.6 Å². The van der Waals surface area contributed by atoms with Crippen molar-refractivity contribution in [2.24, 2.45) is 5.84 Å². The van der Waals surface area contributed by atoms with Crippen LogP contribution in [0.5, 0.6) is 0 Å². The smallest absolute Gasteiger partial charge is 0.379 e. The lowest BCUT2D eigenvalue weighted by molar-refractivity contribution is -0.137. The van der Waals surface area contributed by atoms with E-state index in [1.165, 1.54) is 17.0 Å². The van der Waals surface area contributed by atoms with E-state index in [2.05, 4.69) is 0 Å². The lowest BCUT2D eigenvalue weighted by Crippen LogP contribution is -2.38. The number of nitrogens with one attached hydrogen (secondary N) is 1. The number of ether oxygens (including phenoxy) is 1. The number of nitrogen functional groups attached to an aromatic ring is 1. The molecule has 0 saturated carbocycles. The van der Waals surface area contributed by atoms with Crippen molar-refractivity contribution in [1.82, 2.24) is 4.90 Å². The Morgan fingerprint density at radius 2 is 2.19 bits per heavy atom. The number of hydrogen-bond donors (Lipinski definition) is 2. The van der Waals surface area contributed by atoms with Gasteiger partial charge in [-0.25, -0.2) is 0 Å². The van der Waals surface area contributed by atoms with Gasteiger partial charge in [0.1, 0.15) is 0 Å².